The van der Waals surface area contributed by atoms with Crippen molar-refractivity contribution in [3.05, 3.63) is 59.9 Å². The minimum atomic E-state index is -0.115. The lowest BCUT2D eigenvalue weighted by atomic mass is 10.2. The van der Waals surface area contributed by atoms with Crippen molar-refractivity contribution in [2.75, 3.05) is 11.9 Å². The quantitative estimate of drug-likeness (QED) is 0.867. The van der Waals surface area contributed by atoms with Crippen LogP contribution in [-0.2, 0) is 0 Å². The second-order valence-electron chi connectivity index (χ2n) is 4.02. The molecule has 2 rings (SSSR count). The van der Waals surface area contributed by atoms with Crippen molar-refractivity contribution in [3.8, 4) is 0 Å². The van der Waals surface area contributed by atoms with Crippen LogP contribution in [0.2, 0.25) is 0 Å². The molecular formula is C14H13N3OS. The highest BCUT2D eigenvalue weighted by Gasteiger charge is 2.13. The first-order chi connectivity index (χ1) is 9.09. The predicted molar refractivity (Wildman–Crippen MR) is 79.3 cm³/mol. The lowest BCUT2D eigenvalue weighted by Crippen LogP contribution is -2.26. The lowest BCUT2D eigenvalue weighted by Gasteiger charge is -2.17. The Bertz CT molecular complexity index is 596. The number of thiocarbonyl (C=S) groups is 1. The molecule has 4 nitrogen and oxygen atoms in total. The van der Waals surface area contributed by atoms with Crippen LogP contribution >= 0.6 is 12.2 Å². The number of benzene rings is 1. The number of nitrogens with zero attached hydrogens (tertiary/aromatic N) is 2. The van der Waals surface area contributed by atoms with Crippen molar-refractivity contribution >= 4 is 28.8 Å². The molecule has 0 saturated carbocycles. The molecule has 0 fully saturated rings. The molecule has 0 spiro atoms. The number of carbonyl (C=O) groups excluding carboxylic acids is 1. The summed E-state index contributed by atoms with van der Waals surface area (Å²) >= 11 is 4.89. The van der Waals surface area contributed by atoms with E-state index < -0.39 is 0 Å². The van der Waals surface area contributed by atoms with Crippen LogP contribution in [0.5, 0.6) is 0 Å². The van der Waals surface area contributed by atoms with Crippen LogP contribution in [0, 0.1) is 0 Å². The van der Waals surface area contributed by atoms with Gasteiger partial charge in [0.25, 0.3) is 5.91 Å². The van der Waals surface area contributed by atoms with Crippen LogP contribution in [0.1, 0.15) is 15.9 Å². The fraction of sp³-hybridized carbons (Fsp3) is 0.0714. The Labute approximate surface area is 116 Å². The molecule has 0 aliphatic carbocycles. The van der Waals surface area contributed by atoms with E-state index >= 15 is 0 Å². The summed E-state index contributed by atoms with van der Waals surface area (Å²) in [6.07, 6.45) is 3.18. The zero-order valence-electron chi connectivity index (χ0n) is 10.4. The van der Waals surface area contributed by atoms with Gasteiger partial charge in [-0.05, 0) is 36.4 Å². The smallest absolute Gasteiger partial charge is 0.259 e. The third-order valence-corrected chi connectivity index (χ3v) is 2.99. The SMILES string of the molecule is CN(C(=O)c1cccnc1)c1ccc(C(N)=S)cc1. The number of aromatic nitrogens is 1. The Kier molecular flexibility index (Phi) is 3.87. The van der Waals surface area contributed by atoms with Crippen LogP contribution in [-0.4, -0.2) is 22.9 Å². The Morgan fingerprint density at radius 1 is 1.21 bits per heavy atom. The van der Waals surface area contributed by atoms with Gasteiger partial charge in [0.05, 0.1) is 5.56 Å². The van der Waals surface area contributed by atoms with Crippen molar-refractivity contribution in [3.63, 3.8) is 0 Å². The van der Waals surface area contributed by atoms with Gasteiger partial charge in [-0.1, -0.05) is 12.2 Å². The summed E-state index contributed by atoms with van der Waals surface area (Å²) in [5.41, 5.74) is 7.63. The second-order valence-corrected chi connectivity index (χ2v) is 4.46. The number of hydrogen-bond acceptors (Lipinski definition) is 3. The second kappa shape index (κ2) is 5.58. The molecule has 0 aliphatic heterocycles. The maximum absolute atomic E-state index is 12.2. The highest BCUT2D eigenvalue weighted by Crippen LogP contribution is 2.16. The van der Waals surface area contributed by atoms with Crippen molar-refractivity contribution in [1.29, 1.82) is 0 Å². The van der Waals surface area contributed by atoms with Crippen molar-refractivity contribution in [2.24, 2.45) is 5.73 Å². The number of amides is 1. The van der Waals surface area contributed by atoms with Gasteiger partial charge < -0.3 is 10.6 Å². The van der Waals surface area contributed by atoms with E-state index in [0.717, 1.165) is 11.3 Å². The maximum Gasteiger partial charge on any atom is 0.259 e. The van der Waals surface area contributed by atoms with Gasteiger partial charge in [0.2, 0.25) is 0 Å². The van der Waals surface area contributed by atoms with Gasteiger partial charge in [0.15, 0.2) is 0 Å². The number of nitrogens with two attached hydrogens (primary N) is 1. The highest BCUT2D eigenvalue weighted by atomic mass is 32.1. The van der Waals surface area contributed by atoms with Crippen molar-refractivity contribution < 1.29 is 4.79 Å². The Morgan fingerprint density at radius 3 is 2.42 bits per heavy atom. The van der Waals surface area contributed by atoms with Crippen LogP contribution in [0.3, 0.4) is 0 Å². The Hall–Kier alpha value is -2.27. The molecule has 0 saturated heterocycles. The summed E-state index contributed by atoms with van der Waals surface area (Å²) in [5.74, 6) is -0.115. The molecule has 2 N–H and O–H groups in total. The summed E-state index contributed by atoms with van der Waals surface area (Å²) in [6, 6.07) is 10.7. The van der Waals surface area contributed by atoms with E-state index in [1.54, 1.807) is 48.6 Å². The minimum Gasteiger partial charge on any atom is -0.389 e. The molecule has 1 amide bonds. The molecule has 1 heterocycles. The van der Waals surface area contributed by atoms with Gasteiger partial charge >= 0.3 is 0 Å². The van der Waals surface area contributed by atoms with Crippen LogP contribution in [0.15, 0.2) is 48.8 Å². The van der Waals surface area contributed by atoms with Gasteiger partial charge in [-0.2, -0.15) is 0 Å². The molecule has 96 valence electrons. The standard InChI is InChI=1S/C14H13N3OS/c1-17(14(18)11-3-2-8-16-9-11)12-6-4-10(5-7-12)13(15)19/h2-9H,1H3,(H2,15,19). The lowest BCUT2D eigenvalue weighted by molar-refractivity contribution is 0.0992. The van der Waals surface area contributed by atoms with Crippen LogP contribution in [0.4, 0.5) is 5.69 Å². The van der Waals surface area contributed by atoms with Crippen molar-refractivity contribution in [2.45, 2.75) is 0 Å². The summed E-state index contributed by atoms with van der Waals surface area (Å²) in [5, 5.41) is 0. The zero-order chi connectivity index (χ0) is 13.8. The summed E-state index contributed by atoms with van der Waals surface area (Å²) in [4.78, 5) is 18.0. The minimum absolute atomic E-state index is 0.115. The van der Waals surface area contributed by atoms with E-state index in [0.29, 0.717) is 10.6 Å². The first kappa shape index (κ1) is 13.2. The Balaban J connectivity index is 2.22. The number of hydrogen-bond donors (Lipinski definition) is 1. The molecule has 0 radical (unpaired) electrons. The normalized spacial score (nSPS) is 9.95. The number of rotatable bonds is 3. The number of anilines is 1. The first-order valence-electron chi connectivity index (χ1n) is 5.67. The predicted octanol–water partition coefficient (Wildman–Crippen LogP) is 1.99. The Morgan fingerprint density at radius 2 is 1.89 bits per heavy atom. The third kappa shape index (κ3) is 2.95. The molecule has 0 unspecified atom stereocenters. The van der Waals surface area contributed by atoms with Crippen LogP contribution < -0.4 is 10.6 Å². The van der Waals surface area contributed by atoms with E-state index in [-0.39, 0.29) is 5.91 Å². The maximum atomic E-state index is 12.2. The summed E-state index contributed by atoms with van der Waals surface area (Å²) in [6.45, 7) is 0. The molecule has 0 bridgehead atoms. The number of carbonyl (C=O) groups is 1. The highest BCUT2D eigenvalue weighted by molar-refractivity contribution is 7.80. The monoisotopic (exact) mass is 271 g/mol. The average molecular weight is 271 g/mol. The largest absolute Gasteiger partial charge is 0.389 e. The van der Waals surface area contributed by atoms with E-state index in [4.69, 9.17) is 18.0 Å². The molecule has 0 atom stereocenters. The van der Waals surface area contributed by atoms with Gasteiger partial charge in [-0.3, -0.25) is 9.78 Å². The van der Waals surface area contributed by atoms with E-state index in [1.807, 2.05) is 12.1 Å². The third-order valence-electron chi connectivity index (χ3n) is 2.75. The average Bonchev–Trinajstić information content (AvgIpc) is 2.46. The fourth-order valence-corrected chi connectivity index (χ4v) is 1.79. The molecule has 0 aliphatic rings. The topological polar surface area (TPSA) is 59.2 Å². The molecule has 2 aromatic rings. The van der Waals surface area contributed by atoms with Gasteiger partial charge in [0.1, 0.15) is 4.99 Å². The van der Waals surface area contributed by atoms with E-state index in [9.17, 15) is 4.79 Å². The van der Waals surface area contributed by atoms with Gasteiger partial charge in [-0.25, -0.2) is 0 Å². The first-order valence-corrected chi connectivity index (χ1v) is 6.08. The zero-order valence-corrected chi connectivity index (χ0v) is 11.2. The summed E-state index contributed by atoms with van der Waals surface area (Å²) < 4.78 is 0. The summed E-state index contributed by atoms with van der Waals surface area (Å²) in [7, 11) is 1.71. The van der Waals surface area contributed by atoms with Crippen LogP contribution in [0.25, 0.3) is 0 Å². The molecule has 1 aromatic carbocycles. The van der Waals surface area contributed by atoms with Gasteiger partial charge in [0, 0.05) is 30.7 Å². The molecule has 1 aromatic heterocycles. The van der Waals surface area contributed by atoms with Gasteiger partial charge in [-0.15, -0.1) is 0 Å². The van der Waals surface area contributed by atoms with E-state index in [2.05, 4.69) is 4.98 Å². The fourth-order valence-electron chi connectivity index (χ4n) is 1.65. The number of pyridine rings is 1. The molecular weight excluding hydrogens is 258 g/mol. The van der Waals surface area contributed by atoms with E-state index in [1.165, 1.54) is 0 Å². The molecule has 5 heteroatoms. The van der Waals surface area contributed by atoms with Crippen molar-refractivity contribution in [1.82, 2.24) is 4.98 Å². The molecule has 19 heavy (non-hydrogen) atoms.